The zero-order chi connectivity index (χ0) is 14.1. The standard InChI is InChI=1S/C15H22N4O/c1-10-7-8-20-15(10)12(18-16)9-14-17-11-5-3-4-6-13(11)19(14)2/h3-6,10,12,15,18H,7-9,16H2,1-2H3. The van der Waals surface area contributed by atoms with E-state index in [4.69, 9.17) is 15.6 Å². The maximum Gasteiger partial charge on any atom is 0.111 e. The Morgan fingerprint density at radius 1 is 1.50 bits per heavy atom. The third-order valence-electron chi connectivity index (χ3n) is 4.34. The van der Waals surface area contributed by atoms with Crippen LogP contribution in [-0.4, -0.2) is 28.3 Å². The van der Waals surface area contributed by atoms with Gasteiger partial charge in [-0.3, -0.25) is 11.3 Å². The number of rotatable bonds is 4. The zero-order valence-electron chi connectivity index (χ0n) is 12.0. The van der Waals surface area contributed by atoms with Crippen molar-refractivity contribution in [2.75, 3.05) is 6.61 Å². The smallest absolute Gasteiger partial charge is 0.111 e. The number of nitrogens with zero attached hydrogens (tertiary/aromatic N) is 2. The summed E-state index contributed by atoms with van der Waals surface area (Å²) in [5.41, 5.74) is 5.10. The Labute approximate surface area is 119 Å². The molecule has 5 nitrogen and oxygen atoms in total. The SMILES string of the molecule is CC1CCOC1C(Cc1nc2ccccc2n1C)NN. The predicted molar refractivity (Wildman–Crippen MR) is 79.1 cm³/mol. The lowest BCUT2D eigenvalue weighted by atomic mass is 9.96. The van der Waals surface area contributed by atoms with Gasteiger partial charge < -0.3 is 9.30 Å². The highest BCUT2D eigenvalue weighted by Gasteiger charge is 2.32. The van der Waals surface area contributed by atoms with E-state index in [1.54, 1.807) is 0 Å². The average molecular weight is 274 g/mol. The molecule has 20 heavy (non-hydrogen) atoms. The summed E-state index contributed by atoms with van der Waals surface area (Å²) in [6.45, 7) is 3.05. The minimum absolute atomic E-state index is 0.100. The van der Waals surface area contributed by atoms with Crippen molar-refractivity contribution in [2.45, 2.75) is 31.9 Å². The number of hydrogen-bond donors (Lipinski definition) is 2. The molecule has 2 aromatic rings. The van der Waals surface area contributed by atoms with Crippen LogP contribution in [0.25, 0.3) is 11.0 Å². The lowest BCUT2D eigenvalue weighted by molar-refractivity contribution is 0.0603. The van der Waals surface area contributed by atoms with Gasteiger partial charge in [0.15, 0.2) is 0 Å². The normalized spacial score (nSPS) is 24.4. The molecule has 1 aliphatic heterocycles. The zero-order valence-corrected chi connectivity index (χ0v) is 12.0. The van der Waals surface area contributed by atoms with Gasteiger partial charge in [0, 0.05) is 20.1 Å². The van der Waals surface area contributed by atoms with E-state index in [2.05, 4.69) is 30.0 Å². The highest BCUT2D eigenvalue weighted by molar-refractivity contribution is 5.75. The van der Waals surface area contributed by atoms with E-state index in [1.165, 1.54) is 0 Å². The Morgan fingerprint density at radius 2 is 2.30 bits per heavy atom. The second-order valence-electron chi connectivity index (χ2n) is 5.65. The fourth-order valence-corrected chi connectivity index (χ4v) is 3.08. The van der Waals surface area contributed by atoms with Gasteiger partial charge in [0.25, 0.3) is 0 Å². The van der Waals surface area contributed by atoms with E-state index in [1.807, 2.05) is 18.2 Å². The molecule has 1 aromatic heterocycles. The number of para-hydroxylation sites is 2. The van der Waals surface area contributed by atoms with Crippen LogP contribution in [-0.2, 0) is 18.2 Å². The molecule has 3 atom stereocenters. The highest BCUT2D eigenvalue weighted by Crippen LogP contribution is 2.25. The molecule has 0 radical (unpaired) electrons. The monoisotopic (exact) mass is 274 g/mol. The van der Waals surface area contributed by atoms with Crippen molar-refractivity contribution in [3.8, 4) is 0 Å². The number of benzene rings is 1. The minimum atomic E-state index is 0.100. The lowest BCUT2D eigenvalue weighted by Crippen LogP contribution is -2.47. The fourth-order valence-electron chi connectivity index (χ4n) is 3.08. The van der Waals surface area contributed by atoms with Gasteiger partial charge in [-0.05, 0) is 24.5 Å². The number of ether oxygens (including phenoxy) is 1. The molecule has 108 valence electrons. The molecule has 0 bridgehead atoms. The van der Waals surface area contributed by atoms with Crippen molar-refractivity contribution in [2.24, 2.45) is 18.8 Å². The average Bonchev–Trinajstić information content (AvgIpc) is 3.01. The second kappa shape index (κ2) is 5.52. The van der Waals surface area contributed by atoms with Crippen LogP contribution in [0.1, 0.15) is 19.2 Å². The number of hydrogen-bond acceptors (Lipinski definition) is 4. The molecule has 1 aromatic carbocycles. The van der Waals surface area contributed by atoms with E-state index in [0.29, 0.717) is 5.92 Å². The maximum absolute atomic E-state index is 5.82. The summed E-state index contributed by atoms with van der Waals surface area (Å²) in [4.78, 5) is 4.71. The Balaban J connectivity index is 1.85. The molecule has 0 aliphatic carbocycles. The quantitative estimate of drug-likeness (QED) is 0.653. The first-order valence-corrected chi connectivity index (χ1v) is 7.18. The van der Waals surface area contributed by atoms with Crippen LogP contribution in [0.4, 0.5) is 0 Å². The molecule has 3 unspecified atom stereocenters. The summed E-state index contributed by atoms with van der Waals surface area (Å²) in [5.74, 6) is 7.31. The molecule has 2 heterocycles. The Hall–Kier alpha value is -1.43. The van der Waals surface area contributed by atoms with Crippen LogP contribution in [0.15, 0.2) is 24.3 Å². The van der Waals surface area contributed by atoms with E-state index < -0.39 is 0 Å². The van der Waals surface area contributed by atoms with Crippen molar-refractivity contribution in [1.29, 1.82) is 0 Å². The van der Waals surface area contributed by atoms with Gasteiger partial charge in [0.05, 0.1) is 23.2 Å². The van der Waals surface area contributed by atoms with Gasteiger partial charge in [-0.2, -0.15) is 0 Å². The molecule has 1 fully saturated rings. The topological polar surface area (TPSA) is 65.1 Å². The van der Waals surface area contributed by atoms with Crippen LogP contribution in [0, 0.1) is 5.92 Å². The van der Waals surface area contributed by atoms with Crippen molar-refractivity contribution >= 4 is 11.0 Å². The van der Waals surface area contributed by atoms with Gasteiger partial charge in [-0.1, -0.05) is 19.1 Å². The summed E-state index contributed by atoms with van der Waals surface area (Å²) in [6.07, 6.45) is 2.04. The summed E-state index contributed by atoms with van der Waals surface area (Å²) in [5, 5.41) is 0. The number of aromatic nitrogens is 2. The third-order valence-corrected chi connectivity index (χ3v) is 4.34. The molecule has 1 saturated heterocycles. The van der Waals surface area contributed by atoms with Crippen molar-refractivity contribution in [3.63, 3.8) is 0 Å². The molecule has 3 rings (SSSR count). The van der Waals surface area contributed by atoms with Gasteiger partial charge in [-0.15, -0.1) is 0 Å². The molecule has 0 spiro atoms. The second-order valence-corrected chi connectivity index (χ2v) is 5.65. The summed E-state index contributed by atoms with van der Waals surface area (Å²) < 4.78 is 7.96. The first kappa shape index (κ1) is 13.5. The van der Waals surface area contributed by atoms with E-state index in [-0.39, 0.29) is 12.1 Å². The summed E-state index contributed by atoms with van der Waals surface area (Å²) in [6, 6.07) is 8.28. The van der Waals surface area contributed by atoms with Gasteiger partial charge >= 0.3 is 0 Å². The van der Waals surface area contributed by atoms with Gasteiger partial charge in [0.2, 0.25) is 0 Å². The van der Waals surface area contributed by atoms with E-state index in [0.717, 1.165) is 36.3 Å². The molecular weight excluding hydrogens is 252 g/mol. The number of imidazole rings is 1. The number of aryl methyl sites for hydroxylation is 1. The Bertz CT molecular complexity index is 595. The van der Waals surface area contributed by atoms with Gasteiger partial charge in [-0.25, -0.2) is 4.98 Å². The molecule has 5 heteroatoms. The van der Waals surface area contributed by atoms with Crippen molar-refractivity contribution in [1.82, 2.24) is 15.0 Å². The largest absolute Gasteiger partial charge is 0.376 e. The summed E-state index contributed by atoms with van der Waals surface area (Å²) >= 11 is 0. The first-order chi connectivity index (χ1) is 9.70. The minimum Gasteiger partial charge on any atom is -0.376 e. The molecular formula is C15H22N4O. The Kier molecular flexibility index (Phi) is 3.74. The number of nitrogens with two attached hydrogens (primary N) is 1. The number of nitrogens with one attached hydrogen (secondary N) is 1. The van der Waals surface area contributed by atoms with Crippen molar-refractivity contribution in [3.05, 3.63) is 30.1 Å². The van der Waals surface area contributed by atoms with Crippen LogP contribution < -0.4 is 11.3 Å². The molecule has 0 amide bonds. The summed E-state index contributed by atoms with van der Waals surface area (Å²) in [7, 11) is 2.05. The van der Waals surface area contributed by atoms with Gasteiger partial charge in [0.1, 0.15) is 5.82 Å². The van der Waals surface area contributed by atoms with Crippen LogP contribution in [0.2, 0.25) is 0 Å². The van der Waals surface area contributed by atoms with Crippen LogP contribution >= 0.6 is 0 Å². The van der Waals surface area contributed by atoms with Crippen molar-refractivity contribution < 1.29 is 4.74 Å². The van der Waals surface area contributed by atoms with E-state index in [9.17, 15) is 0 Å². The molecule has 3 N–H and O–H groups in total. The predicted octanol–water partition coefficient (Wildman–Crippen LogP) is 1.37. The highest BCUT2D eigenvalue weighted by atomic mass is 16.5. The molecule has 0 saturated carbocycles. The van der Waals surface area contributed by atoms with Crippen LogP contribution in [0.3, 0.4) is 0 Å². The van der Waals surface area contributed by atoms with Crippen LogP contribution in [0.5, 0.6) is 0 Å². The third kappa shape index (κ3) is 2.32. The fraction of sp³-hybridized carbons (Fsp3) is 0.533. The maximum atomic E-state index is 5.82. The lowest BCUT2D eigenvalue weighted by Gasteiger charge is -2.25. The first-order valence-electron chi connectivity index (χ1n) is 7.18. The molecule has 1 aliphatic rings. The Morgan fingerprint density at radius 3 is 2.95 bits per heavy atom. The number of hydrazine groups is 1. The number of fused-ring (bicyclic) bond motifs is 1. The van der Waals surface area contributed by atoms with E-state index >= 15 is 0 Å².